The van der Waals surface area contributed by atoms with Crippen LogP contribution in [-0.4, -0.2) is 24.0 Å². The molecule has 2 saturated carbocycles. The van der Waals surface area contributed by atoms with Gasteiger partial charge in [-0.3, -0.25) is 9.59 Å². The third-order valence-corrected chi connectivity index (χ3v) is 10.7. The van der Waals surface area contributed by atoms with E-state index in [0.717, 1.165) is 23.0 Å². The normalized spacial score (nSPS) is 23.1. The second-order valence-corrected chi connectivity index (χ2v) is 14.2. The van der Waals surface area contributed by atoms with Crippen LogP contribution in [0.1, 0.15) is 151 Å². The Morgan fingerprint density at radius 3 is 1.24 bits per heavy atom. The number of unbranched alkanes of at least 4 members (excludes halogenated alkanes) is 4. The lowest BCUT2D eigenvalue weighted by Crippen LogP contribution is -2.49. The number of carbonyl (C=O) groups is 2. The lowest BCUT2D eigenvalue weighted by molar-refractivity contribution is -0.155. The van der Waals surface area contributed by atoms with Crippen LogP contribution in [0, 0.1) is 11.8 Å². The average Bonchev–Trinajstić information content (AvgIpc) is 3.07. The van der Waals surface area contributed by atoms with Crippen molar-refractivity contribution in [2.45, 2.75) is 154 Å². The summed E-state index contributed by atoms with van der Waals surface area (Å²) in [6, 6.07) is 16.9. The predicted octanol–water partition coefficient (Wildman–Crippen LogP) is 8.84. The molecule has 0 aromatic heterocycles. The smallest absolute Gasteiger partial charge is 0.249 e. The van der Waals surface area contributed by atoms with Gasteiger partial charge in [0.2, 0.25) is 11.8 Å². The van der Waals surface area contributed by atoms with Gasteiger partial charge in [-0.25, -0.2) is 0 Å². The Labute approximate surface area is 278 Å². The van der Waals surface area contributed by atoms with Gasteiger partial charge >= 0.3 is 0 Å². The van der Waals surface area contributed by atoms with Crippen molar-refractivity contribution in [1.82, 2.24) is 0 Å². The molecule has 2 fully saturated rings. The highest BCUT2D eigenvalue weighted by Gasteiger charge is 2.33. The van der Waals surface area contributed by atoms with Crippen LogP contribution < -0.4 is 11.5 Å². The summed E-state index contributed by atoms with van der Waals surface area (Å²) >= 11 is 0. The van der Waals surface area contributed by atoms with Crippen molar-refractivity contribution in [2.75, 3.05) is 0 Å². The molecule has 2 aromatic rings. The van der Waals surface area contributed by atoms with Crippen LogP contribution in [0.2, 0.25) is 0 Å². The molecule has 0 bridgehead atoms. The highest BCUT2D eigenvalue weighted by atomic mass is 16.5. The Morgan fingerprint density at radius 2 is 0.935 bits per heavy atom. The lowest BCUT2D eigenvalue weighted by atomic mass is 9.77. The lowest BCUT2D eigenvalue weighted by Gasteiger charge is -2.29. The molecule has 0 saturated heterocycles. The van der Waals surface area contributed by atoms with Crippen LogP contribution in [0.5, 0.6) is 0 Å². The Hall–Kier alpha value is -2.70. The predicted molar refractivity (Wildman–Crippen MR) is 186 cm³/mol. The molecule has 46 heavy (non-hydrogen) atoms. The van der Waals surface area contributed by atoms with Crippen LogP contribution in [-0.2, 0) is 32.3 Å². The number of rotatable bonds is 19. The van der Waals surface area contributed by atoms with Gasteiger partial charge in [0.1, 0.15) is 0 Å². The number of hydrogen-bond acceptors (Lipinski definition) is 4. The van der Waals surface area contributed by atoms with Crippen molar-refractivity contribution < 1.29 is 19.1 Å². The number of primary amides is 2. The van der Waals surface area contributed by atoms with Crippen molar-refractivity contribution in [2.24, 2.45) is 23.3 Å². The molecule has 0 unspecified atom stereocenters. The first-order valence-corrected chi connectivity index (χ1v) is 18.4. The summed E-state index contributed by atoms with van der Waals surface area (Å²) < 4.78 is 11.8. The monoisotopic (exact) mass is 632 g/mol. The number of ether oxygens (including phenoxy) is 2. The summed E-state index contributed by atoms with van der Waals surface area (Å²) in [6.45, 7) is 4.81. The molecule has 2 aliphatic carbocycles. The average molecular weight is 633 g/mol. The zero-order valence-electron chi connectivity index (χ0n) is 28.6. The molecule has 254 valence electrons. The fourth-order valence-electron chi connectivity index (χ4n) is 7.72. The summed E-state index contributed by atoms with van der Waals surface area (Å²) in [5.41, 5.74) is 15.9. The van der Waals surface area contributed by atoms with E-state index in [4.69, 9.17) is 20.9 Å². The molecule has 2 amide bonds. The van der Waals surface area contributed by atoms with E-state index >= 15 is 0 Å². The van der Waals surface area contributed by atoms with Crippen molar-refractivity contribution in [3.8, 4) is 0 Å². The molecule has 6 nitrogen and oxygen atoms in total. The zero-order chi connectivity index (χ0) is 32.7. The maximum absolute atomic E-state index is 12.4. The van der Waals surface area contributed by atoms with E-state index in [0.29, 0.717) is 11.8 Å². The maximum Gasteiger partial charge on any atom is 0.249 e. The van der Waals surface area contributed by atoms with Crippen LogP contribution in [0.3, 0.4) is 0 Å². The second kappa shape index (κ2) is 19.2. The molecule has 6 heteroatoms. The molecule has 0 spiro atoms. The van der Waals surface area contributed by atoms with Gasteiger partial charge < -0.3 is 20.9 Å². The highest BCUT2D eigenvalue weighted by Crippen LogP contribution is 2.39. The van der Waals surface area contributed by atoms with E-state index in [2.05, 4.69) is 38.1 Å². The standard InChI is InChI=1S/C40H60N2O4/c1-3-5-7-9-29-11-19-33(20-12-29)35-23-15-31(16-24-35)27-45-37(39(41)43)38(40(42)44)46-28-32-17-25-36(26-18-32)34-21-13-30(14-22-34)10-8-6-4-2/h15-18,23-26,29-30,33-34,37-38H,3-14,19-22,27-28H2,1-2H3,(H2,41,43)(H2,42,44)/t29?,30?,33?,34?,37-,38-/m1/s1. The minimum atomic E-state index is -1.27. The quantitative estimate of drug-likeness (QED) is 0.151. The van der Waals surface area contributed by atoms with Crippen molar-refractivity contribution in [3.05, 3.63) is 70.8 Å². The first-order chi connectivity index (χ1) is 22.4. The number of amides is 2. The fraction of sp³-hybridized carbons (Fsp3) is 0.650. The number of nitrogens with two attached hydrogens (primary N) is 2. The fourth-order valence-corrected chi connectivity index (χ4v) is 7.72. The molecule has 2 atom stereocenters. The van der Waals surface area contributed by atoms with Crippen LogP contribution in [0.15, 0.2) is 48.5 Å². The van der Waals surface area contributed by atoms with Gasteiger partial charge in [-0.2, -0.15) is 0 Å². The number of hydrogen-bond donors (Lipinski definition) is 2. The van der Waals surface area contributed by atoms with Gasteiger partial charge in [0.15, 0.2) is 12.2 Å². The Kier molecular flexibility index (Phi) is 15.1. The molecule has 4 rings (SSSR count). The van der Waals surface area contributed by atoms with Gasteiger partial charge in [-0.1, -0.05) is 114 Å². The number of benzene rings is 2. The second-order valence-electron chi connectivity index (χ2n) is 14.2. The Morgan fingerprint density at radius 1 is 0.587 bits per heavy atom. The number of carbonyl (C=O) groups excluding carboxylic acids is 2. The highest BCUT2D eigenvalue weighted by molar-refractivity contribution is 5.89. The van der Waals surface area contributed by atoms with Crippen molar-refractivity contribution >= 4 is 11.8 Å². The molecular weight excluding hydrogens is 572 g/mol. The van der Waals surface area contributed by atoms with Gasteiger partial charge in [0.05, 0.1) is 13.2 Å². The van der Waals surface area contributed by atoms with Crippen LogP contribution in [0.25, 0.3) is 0 Å². The third-order valence-electron chi connectivity index (χ3n) is 10.7. The summed E-state index contributed by atoms with van der Waals surface area (Å²) in [7, 11) is 0. The molecule has 2 aromatic carbocycles. The Balaban J connectivity index is 1.24. The minimum absolute atomic E-state index is 0.140. The van der Waals surface area contributed by atoms with E-state index in [1.54, 1.807) is 0 Å². The van der Waals surface area contributed by atoms with Gasteiger partial charge in [-0.05, 0) is 97.3 Å². The van der Waals surface area contributed by atoms with Crippen LogP contribution in [0.4, 0.5) is 0 Å². The molecule has 4 N–H and O–H groups in total. The first kappa shape index (κ1) is 36.1. The maximum atomic E-state index is 12.4. The van der Waals surface area contributed by atoms with Gasteiger partial charge in [0.25, 0.3) is 0 Å². The zero-order valence-corrected chi connectivity index (χ0v) is 28.6. The van der Waals surface area contributed by atoms with Gasteiger partial charge in [-0.15, -0.1) is 0 Å². The minimum Gasteiger partial charge on any atom is -0.367 e. The molecule has 0 heterocycles. The summed E-state index contributed by atoms with van der Waals surface area (Å²) in [5, 5.41) is 0. The summed E-state index contributed by atoms with van der Waals surface area (Å²) in [5.74, 6) is 1.44. The summed E-state index contributed by atoms with van der Waals surface area (Å²) in [6.07, 6.45) is 18.5. The SMILES string of the molecule is CCCCCC1CCC(c2ccc(CO[C@@H](C(N)=O)[C@@H](OCc3ccc(C4CCC(CCCCC)CC4)cc3)C(N)=O)cc2)CC1. The van der Waals surface area contributed by atoms with Gasteiger partial charge in [0, 0.05) is 0 Å². The molecular formula is C40H60N2O4. The van der Waals surface area contributed by atoms with Crippen LogP contribution >= 0.6 is 0 Å². The largest absolute Gasteiger partial charge is 0.367 e. The summed E-state index contributed by atoms with van der Waals surface area (Å²) in [4.78, 5) is 24.7. The Bertz CT molecular complexity index is 1070. The molecule has 0 aliphatic heterocycles. The topological polar surface area (TPSA) is 105 Å². The molecule has 0 radical (unpaired) electrons. The van der Waals surface area contributed by atoms with E-state index in [1.807, 2.05) is 24.3 Å². The van der Waals surface area contributed by atoms with E-state index < -0.39 is 24.0 Å². The van der Waals surface area contributed by atoms with Crippen molar-refractivity contribution in [1.29, 1.82) is 0 Å². The van der Waals surface area contributed by atoms with Crippen molar-refractivity contribution in [3.63, 3.8) is 0 Å². The van der Waals surface area contributed by atoms with E-state index in [1.165, 1.54) is 114 Å². The van der Waals surface area contributed by atoms with E-state index in [9.17, 15) is 9.59 Å². The first-order valence-electron chi connectivity index (χ1n) is 18.4. The van der Waals surface area contributed by atoms with E-state index in [-0.39, 0.29) is 13.2 Å². The third kappa shape index (κ3) is 11.2. The molecule has 2 aliphatic rings.